The van der Waals surface area contributed by atoms with Crippen molar-refractivity contribution in [2.75, 3.05) is 6.54 Å². The van der Waals surface area contributed by atoms with E-state index in [-0.39, 0.29) is 5.41 Å². The summed E-state index contributed by atoms with van der Waals surface area (Å²) in [6.07, 6.45) is 0. The maximum Gasteiger partial charge on any atom is 0.00191 e. The van der Waals surface area contributed by atoms with Crippen LogP contribution in [0.5, 0.6) is 0 Å². The van der Waals surface area contributed by atoms with Gasteiger partial charge in [0.25, 0.3) is 0 Å². The van der Waals surface area contributed by atoms with E-state index in [0.29, 0.717) is 6.54 Å². The van der Waals surface area contributed by atoms with Crippen LogP contribution in [-0.2, 0) is 5.41 Å². The first-order valence-electron chi connectivity index (χ1n) is 4.75. The van der Waals surface area contributed by atoms with Crippen LogP contribution < -0.4 is 5.73 Å². The van der Waals surface area contributed by atoms with E-state index in [1.807, 2.05) is 0 Å². The molecule has 72 valence electrons. The van der Waals surface area contributed by atoms with Gasteiger partial charge in [-0.15, -0.1) is 0 Å². The Kier molecular flexibility index (Phi) is 2.77. The number of aryl methyl sites for hydroxylation is 2. The molecule has 1 aromatic rings. The number of nitrogens with two attached hydrogens (primary N) is 1. The summed E-state index contributed by atoms with van der Waals surface area (Å²) in [5, 5.41) is 0. The van der Waals surface area contributed by atoms with Crippen molar-refractivity contribution in [2.24, 2.45) is 5.73 Å². The van der Waals surface area contributed by atoms with Gasteiger partial charge < -0.3 is 5.73 Å². The fraction of sp³-hybridized carbons (Fsp3) is 0.500. The topological polar surface area (TPSA) is 26.0 Å². The zero-order chi connectivity index (χ0) is 10.1. The summed E-state index contributed by atoms with van der Waals surface area (Å²) < 4.78 is 0. The molecule has 0 bridgehead atoms. The largest absolute Gasteiger partial charge is 0.330 e. The first-order chi connectivity index (χ1) is 5.97. The molecule has 1 aromatic carbocycles. The Morgan fingerprint density at radius 3 is 2.23 bits per heavy atom. The van der Waals surface area contributed by atoms with E-state index < -0.39 is 0 Å². The van der Waals surface area contributed by atoms with Crippen LogP contribution in [0, 0.1) is 13.8 Å². The minimum atomic E-state index is 0.0957. The third-order valence-corrected chi connectivity index (χ3v) is 2.80. The highest BCUT2D eigenvalue weighted by Gasteiger charge is 2.18. The van der Waals surface area contributed by atoms with Gasteiger partial charge in [0.15, 0.2) is 0 Å². The van der Waals surface area contributed by atoms with Crippen molar-refractivity contribution in [3.05, 3.63) is 34.9 Å². The van der Waals surface area contributed by atoms with Gasteiger partial charge in [0.05, 0.1) is 0 Å². The van der Waals surface area contributed by atoms with E-state index >= 15 is 0 Å². The maximum atomic E-state index is 5.73. The zero-order valence-corrected chi connectivity index (χ0v) is 9.02. The second-order valence-corrected chi connectivity index (χ2v) is 4.39. The molecule has 0 aromatic heterocycles. The van der Waals surface area contributed by atoms with Gasteiger partial charge in [-0.25, -0.2) is 0 Å². The lowest BCUT2D eigenvalue weighted by molar-refractivity contribution is 0.538. The van der Waals surface area contributed by atoms with Gasteiger partial charge in [-0.1, -0.05) is 32.0 Å². The Morgan fingerprint density at radius 2 is 1.77 bits per heavy atom. The van der Waals surface area contributed by atoms with Gasteiger partial charge >= 0.3 is 0 Å². The normalized spacial score (nSPS) is 11.8. The van der Waals surface area contributed by atoms with Crippen LogP contribution in [0.15, 0.2) is 18.2 Å². The Hall–Kier alpha value is -0.820. The number of rotatable bonds is 2. The molecule has 2 N–H and O–H groups in total. The smallest absolute Gasteiger partial charge is 0.00191 e. The molecule has 0 aliphatic heterocycles. The van der Waals surface area contributed by atoms with E-state index in [9.17, 15) is 0 Å². The molecule has 1 rings (SSSR count). The van der Waals surface area contributed by atoms with Crippen molar-refractivity contribution in [3.8, 4) is 0 Å². The zero-order valence-electron chi connectivity index (χ0n) is 9.02. The summed E-state index contributed by atoms with van der Waals surface area (Å²) in [6.45, 7) is 9.32. The van der Waals surface area contributed by atoms with E-state index in [2.05, 4.69) is 45.9 Å². The average molecular weight is 177 g/mol. The van der Waals surface area contributed by atoms with Crippen LogP contribution in [0.1, 0.15) is 30.5 Å². The Labute approximate surface area is 81.0 Å². The lowest BCUT2D eigenvalue weighted by Crippen LogP contribution is -2.28. The average Bonchev–Trinajstić information content (AvgIpc) is 2.09. The fourth-order valence-electron chi connectivity index (χ4n) is 1.28. The summed E-state index contributed by atoms with van der Waals surface area (Å²) in [7, 11) is 0. The second kappa shape index (κ2) is 3.51. The highest BCUT2D eigenvalue weighted by atomic mass is 14.6. The molecule has 0 fully saturated rings. The van der Waals surface area contributed by atoms with Crippen molar-refractivity contribution < 1.29 is 0 Å². The van der Waals surface area contributed by atoms with Gasteiger partial charge in [0, 0.05) is 12.0 Å². The second-order valence-electron chi connectivity index (χ2n) is 4.39. The summed E-state index contributed by atoms with van der Waals surface area (Å²) in [5.74, 6) is 0. The third kappa shape index (κ3) is 2.10. The monoisotopic (exact) mass is 177 g/mol. The van der Waals surface area contributed by atoms with Crippen molar-refractivity contribution in [3.63, 3.8) is 0 Å². The van der Waals surface area contributed by atoms with Crippen LogP contribution in [-0.4, -0.2) is 6.54 Å². The quantitative estimate of drug-likeness (QED) is 0.738. The fourth-order valence-corrected chi connectivity index (χ4v) is 1.28. The molecule has 0 heterocycles. The highest BCUT2D eigenvalue weighted by Crippen LogP contribution is 2.23. The Balaban J connectivity index is 3.10. The molecule has 1 nitrogen and oxygen atoms in total. The van der Waals surface area contributed by atoms with E-state index in [1.165, 1.54) is 16.7 Å². The molecule has 13 heavy (non-hydrogen) atoms. The summed E-state index contributed by atoms with van der Waals surface area (Å²) in [6, 6.07) is 6.58. The number of hydrogen-bond donors (Lipinski definition) is 1. The highest BCUT2D eigenvalue weighted by molar-refractivity contribution is 5.34. The van der Waals surface area contributed by atoms with E-state index in [1.54, 1.807) is 0 Å². The first-order valence-corrected chi connectivity index (χ1v) is 4.75. The summed E-state index contributed by atoms with van der Waals surface area (Å²) in [5.41, 5.74) is 9.84. The van der Waals surface area contributed by atoms with Crippen LogP contribution in [0.3, 0.4) is 0 Å². The Bertz CT molecular complexity index is 300. The van der Waals surface area contributed by atoms with Crippen molar-refractivity contribution >= 4 is 0 Å². The molecule has 0 unspecified atom stereocenters. The molecule has 0 aliphatic carbocycles. The molecule has 0 spiro atoms. The molecule has 0 atom stereocenters. The summed E-state index contributed by atoms with van der Waals surface area (Å²) >= 11 is 0. The molecule has 0 amide bonds. The first kappa shape index (κ1) is 10.3. The molecule has 0 saturated carbocycles. The van der Waals surface area contributed by atoms with E-state index in [4.69, 9.17) is 5.73 Å². The number of hydrogen-bond acceptors (Lipinski definition) is 1. The number of benzene rings is 1. The lowest BCUT2D eigenvalue weighted by Gasteiger charge is -2.23. The van der Waals surface area contributed by atoms with Gasteiger partial charge in [0.1, 0.15) is 0 Å². The predicted molar refractivity (Wildman–Crippen MR) is 58.0 cm³/mol. The molecular formula is C12H19N. The molecule has 0 saturated heterocycles. The predicted octanol–water partition coefficient (Wildman–Crippen LogP) is 2.54. The standard InChI is InChI=1S/C12H19N/c1-9-5-6-11(7-10(9)2)12(3,4)8-13/h5-7H,8,13H2,1-4H3. The maximum absolute atomic E-state index is 5.73. The molecular weight excluding hydrogens is 158 g/mol. The minimum absolute atomic E-state index is 0.0957. The molecule has 0 radical (unpaired) electrons. The van der Waals surface area contributed by atoms with Gasteiger partial charge in [-0.2, -0.15) is 0 Å². The SMILES string of the molecule is Cc1ccc(C(C)(C)CN)cc1C. The molecule has 1 heteroatoms. The summed E-state index contributed by atoms with van der Waals surface area (Å²) in [4.78, 5) is 0. The molecule has 0 aliphatic rings. The van der Waals surface area contributed by atoms with Crippen LogP contribution >= 0.6 is 0 Å². The lowest BCUT2D eigenvalue weighted by atomic mass is 9.83. The van der Waals surface area contributed by atoms with E-state index in [0.717, 1.165) is 0 Å². The van der Waals surface area contributed by atoms with Crippen molar-refractivity contribution in [1.29, 1.82) is 0 Å². The van der Waals surface area contributed by atoms with Gasteiger partial charge in [0.2, 0.25) is 0 Å². The van der Waals surface area contributed by atoms with Crippen LogP contribution in [0.4, 0.5) is 0 Å². The van der Waals surface area contributed by atoms with Crippen LogP contribution in [0.2, 0.25) is 0 Å². The van der Waals surface area contributed by atoms with Gasteiger partial charge in [-0.05, 0) is 30.5 Å². The van der Waals surface area contributed by atoms with Crippen LogP contribution in [0.25, 0.3) is 0 Å². The van der Waals surface area contributed by atoms with Gasteiger partial charge in [-0.3, -0.25) is 0 Å². The van der Waals surface area contributed by atoms with Crippen molar-refractivity contribution in [1.82, 2.24) is 0 Å². The van der Waals surface area contributed by atoms with Crippen molar-refractivity contribution in [2.45, 2.75) is 33.1 Å². The Morgan fingerprint density at radius 1 is 1.15 bits per heavy atom. The minimum Gasteiger partial charge on any atom is -0.330 e. The third-order valence-electron chi connectivity index (χ3n) is 2.80.